The second kappa shape index (κ2) is 5.81. The van der Waals surface area contributed by atoms with E-state index in [1.807, 2.05) is 60.1 Å². The molecule has 0 saturated heterocycles. The number of ether oxygens (including phenoxy) is 1. The van der Waals surface area contributed by atoms with Crippen LogP contribution < -0.4 is 0 Å². The van der Waals surface area contributed by atoms with E-state index in [1.54, 1.807) is 0 Å². The molecule has 0 saturated carbocycles. The fourth-order valence-electron chi connectivity index (χ4n) is 2.63. The molecule has 0 N–H and O–H groups in total. The Balaban J connectivity index is 1.44. The van der Waals surface area contributed by atoms with Crippen LogP contribution in [0.3, 0.4) is 0 Å². The van der Waals surface area contributed by atoms with Gasteiger partial charge in [0.05, 0.1) is 12.1 Å². The van der Waals surface area contributed by atoms with Crippen LogP contribution in [0, 0.1) is 6.92 Å². The first-order valence-corrected chi connectivity index (χ1v) is 7.62. The molecule has 3 heterocycles. The lowest BCUT2D eigenvalue weighted by Crippen LogP contribution is -2.08. The highest BCUT2D eigenvalue weighted by molar-refractivity contribution is 5.84. The zero-order valence-corrected chi connectivity index (χ0v) is 13.1. The van der Waals surface area contributed by atoms with Crippen molar-refractivity contribution in [1.29, 1.82) is 0 Å². The van der Waals surface area contributed by atoms with Crippen LogP contribution in [0.25, 0.3) is 16.6 Å². The minimum absolute atomic E-state index is 0.0729. The van der Waals surface area contributed by atoms with Crippen molar-refractivity contribution in [3.05, 3.63) is 65.7 Å². The van der Waals surface area contributed by atoms with Gasteiger partial charge in [0.1, 0.15) is 17.9 Å². The topological polar surface area (TPSA) is 69.6 Å². The van der Waals surface area contributed by atoms with Crippen LogP contribution in [0.15, 0.2) is 53.3 Å². The van der Waals surface area contributed by atoms with Gasteiger partial charge in [0.2, 0.25) is 0 Å². The molecule has 24 heavy (non-hydrogen) atoms. The fraction of sp³-hybridized carbons (Fsp3) is 0.167. The van der Waals surface area contributed by atoms with Crippen molar-refractivity contribution < 1.29 is 14.1 Å². The zero-order chi connectivity index (χ0) is 16.5. The summed E-state index contributed by atoms with van der Waals surface area (Å²) < 4.78 is 12.4. The molecule has 0 atom stereocenters. The van der Waals surface area contributed by atoms with E-state index in [0.29, 0.717) is 17.0 Å². The van der Waals surface area contributed by atoms with Gasteiger partial charge in [-0.25, -0.2) is 4.98 Å². The number of rotatable bonds is 4. The van der Waals surface area contributed by atoms with Crippen molar-refractivity contribution in [2.45, 2.75) is 20.0 Å². The molecule has 3 aromatic heterocycles. The molecule has 6 heteroatoms. The number of para-hydroxylation sites is 1. The molecule has 0 aliphatic heterocycles. The number of carbonyl (C=O) groups excluding carboxylic acids is 1. The van der Waals surface area contributed by atoms with Gasteiger partial charge in [0.25, 0.3) is 0 Å². The number of hydrogen-bond acceptors (Lipinski definition) is 5. The number of esters is 1. The van der Waals surface area contributed by atoms with Crippen LogP contribution in [0.1, 0.15) is 17.0 Å². The summed E-state index contributed by atoms with van der Waals surface area (Å²) in [5, 5.41) is 4.77. The van der Waals surface area contributed by atoms with Crippen LogP contribution >= 0.6 is 0 Å². The van der Waals surface area contributed by atoms with Gasteiger partial charge in [-0.1, -0.05) is 23.4 Å². The summed E-state index contributed by atoms with van der Waals surface area (Å²) in [6.07, 6.45) is 3.92. The minimum Gasteiger partial charge on any atom is -0.459 e. The standard InChI is InChI=1S/C18H15N3O3/c1-12-6-7-17-19-13(10-21(17)9-12)11-23-18(22)8-15-14-4-2-3-5-16(14)24-20-15/h2-7,9-10H,8,11H2,1H3. The summed E-state index contributed by atoms with van der Waals surface area (Å²) >= 11 is 0. The number of aromatic nitrogens is 3. The largest absolute Gasteiger partial charge is 0.459 e. The van der Waals surface area contributed by atoms with Gasteiger partial charge in [-0.15, -0.1) is 0 Å². The van der Waals surface area contributed by atoms with Crippen molar-refractivity contribution in [2.75, 3.05) is 0 Å². The number of imidazole rings is 1. The third-order valence-electron chi connectivity index (χ3n) is 3.79. The van der Waals surface area contributed by atoms with Crippen LogP contribution in [-0.2, 0) is 22.6 Å². The van der Waals surface area contributed by atoms with Crippen LogP contribution in [0.4, 0.5) is 0 Å². The molecule has 0 bridgehead atoms. The molecule has 0 radical (unpaired) electrons. The van der Waals surface area contributed by atoms with Gasteiger partial charge in [-0.05, 0) is 30.7 Å². The van der Waals surface area contributed by atoms with Crippen molar-refractivity contribution in [3.8, 4) is 0 Å². The van der Waals surface area contributed by atoms with Gasteiger partial charge < -0.3 is 13.7 Å². The van der Waals surface area contributed by atoms with E-state index in [9.17, 15) is 4.79 Å². The molecule has 0 aliphatic carbocycles. The minimum atomic E-state index is -0.359. The molecule has 0 spiro atoms. The van der Waals surface area contributed by atoms with E-state index in [1.165, 1.54) is 0 Å². The Kier molecular flexibility index (Phi) is 3.49. The second-order valence-electron chi connectivity index (χ2n) is 5.67. The first kappa shape index (κ1) is 14.4. The van der Waals surface area contributed by atoms with Gasteiger partial charge in [0.15, 0.2) is 5.58 Å². The summed E-state index contributed by atoms with van der Waals surface area (Å²) in [6, 6.07) is 11.4. The Bertz CT molecular complexity index is 1030. The molecule has 4 aromatic rings. The lowest BCUT2D eigenvalue weighted by atomic mass is 10.2. The summed E-state index contributed by atoms with van der Waals surface area (Å²) in [7, 11) is 0. The molecule has 0 unspecified atom stereocenters. The highest BCUT2D eigenvalue weighted by Crippen LogP contribution is 2.18. The predicted octanol–water partition coefficient (Wildman–Crippen LogP) is 3.07. The number of pyridine rings is 1. The van der Waals surface area contributed by atoms with Gasteiger partial charge in [0, 0.05) is 17.8 Å². The van der Waals surface area contributed by atoms with Crippen LogP contribution in [-0.4, -0.2) is 20.5 Å². The molecular weight excluding hydrogens is 306 g/mol. The SMILES string of the molecule is Cc1ccc2nc(COC(=O)Cc3noc4ccccc34)cn2c1. The van der Waals surface area contributed by atoms with E-state index < -0.39 is 0 Å². The molecule has 0 aliphatic rings. The number of nitrogens with zero attached hydrogens (tertiary/aromatic N) is 3. The number of fused-ring (bicyclic) bond motifs is 2. The average molecular weight is 321 g/mol. The van der Waals surface area contributed by atoms with Crippen LogP contribution in [0.2, 0.25) is 0 Å². The average Bonchev–Trinajstić information content (AvgIpc) is 3.17. The highest BCUT2D eigenvalue weighted by atomic mass is 16.5. The maximum atomic E-state index is 12.1. The van der Waals surface area contributed by atoms with E-state index >= 15 is 0 Å². The summed E-state index contributed by atoms with van der Waals surface area (Å²) in [4.78, 5) is 16.5. The van der Waals surface area contributed by atoms with Crippen molar-refractivity contribution in [2.24, 2.45) is 0 Å². The second-order valence-corrected chi connectivity index (χ2v) is 5.67. The Morgan fingerprint density at radius 3 is 3.00 bits per heavy atom. The van der Waals surface area contributed by atoms with E-state index in [0.717, 1.165) is 16.6 Å². The van der Waals surface area contributed by atoms with Crippen molar-refractivity contribution >= 4 is 22.6 Å². The van der Waals surface area contributed by atoms with Crippen molar-refractivity contribution in [3.63, 3.8) is 0 Å². The summed E-state index contributed by atoms with van der Waals surface area (Å²) in [5.74, 6) is -0.359. The number of carbonyl (C=O) groups is 1. The lowest BCUT2D eigenvalue weighted by Gasteiger charge is -2.00. The molecule has 120 valence electrons. The monoisotopic (exact) mass is 321 g/mol. The van der Waals surface area contributed by atoms with E-state index in [4.69, 9.17) is 9.26 Å². The van der Waals surface area contributed by atoms with Crippen molar-refractivity contribution in [1.82, 2.24) is 14.5 Å². The first-order chi connectivity index (χ1) is 11.7. The Labute approximate surface area is 137 Å². The number of hydrogen-bond donors (Lipinski definition) is 0. The molecule has 6 nitrogen and oxygen atoms in total. The van der Waals surface area contributed by atoms with Gasteiger partial charge >= 0.3 is 5.97 Å². The maximum Gasteiger partial charge on any atom is 0.312 e. The molecule has 0 fully saturated rings. The molecule has 0 amide bonds. The highest BCUT2D eigenvalue weighted by Gasteiger charge is 2.13. The third-order valence-corrected chi connectivity index (χ3v) is 3.79. The van der Waals surface area contributed by atoms with E-state index in [2.05, 4.69) is 10.1 Å². The molecule has 4 rings (SSSR count). The van der Waals surface area contributed by atoms with E-state index in [-0.39, 0.29) is 19.0 Å². The Morgan fingerprint density at radius 2 is 2.08 bits per heavy atom. The van der Waals surface area contributed by atoms with Crippen LogP contribution in [0.5, 0.6) is 0 Å². The molecular formula is C18H15N3O3. The number of aryl methyl sites for hydroxylation is 1. The Morgan fingerprint density at radius 1 is 1.21 bits per heavy atom. The van der Waals surface area contributed by atoms with Gasteiger partial charge in [-0.2, -0.15) is 0 Å². The third kappa shape index (κ3) is 2.74. The fourth-order valence-corrected chi connectivity index (χ4v) is 2.63. The lowest BCUT2D eigenvalue weighted by molar-refractivity contribution is -0.144. The normalized spacial score (nSPS) is 11.2. The quantitative estimate of drug-likeness (QED) is 0.540. The van der Waals surface area contributed by atoms with Gasteiger partial charge in [-0.3, -0.25) is 4.79 Å². The summed E-state index contributed by atoms with van der Waals surface area (Å²) in [5.41, 5.74) is 3.92. The smallest absolute Gasteiger partial charge is 0.312 e. The maximum absolute atomic E-state index is 12.1. The molecule has 1 aromatic carbocycles. The Hall–Kier alpha value is -3.15. The number of benzene rings is 1. The predicted molar refractivity (Wildman–Crippen MR) is 87.4 cm³/mol. The zero-order valence-electron chi connectivity index (χ0n) is 13.1. The summed E-state index contributed by atoms with van der Waals surface area (Å²) in [6.45, 7) is 2.15. The first-order valence-electron chi connectivity index (χ1n) is 7.62.